The number of rotatable bonds is 5. The van der Waals surface area contributed by atoms with Gasteiger partial charge in [-0.05, 0) is 42.4 Å². The predicted molar refractivity (Wildman–Crippen MR) is 86.5 cm³/mol. The molecule has 0 saturated heterocycles. The normalized spacial score (nSPS) is 13.0. The Bertz CT molecular complexity index is 502. The van der Waals surface area contributed by atoms with Crippen LogP contribution >= 0.6 is 0 Å². The van der Waals surface area contributed by atoms with Crippen LogP contribution in [0.4, 0.5) is 0 Å². The first-order chi connectivity index (χ1) is 9.61. The van der Waals surface area contributed by atoms with Crippen LogP contribution in [0.25, 0.3) is 0 Å². The van der Waals surface area contributed by atoms with Crippen molar-refractivity contribution in [2.45, 2.75) is 58.9 Å². The van der Waals surface area contributed by atoms with Gasteiger partial charge < -0.3 is 16.2 Å². The standard InChI is InChI=1S/C17H28N2O2/c1-11-8-13(6-7-15(20)19-10-12(2)18)9-14(16(11)21)17(3,4)5/h8-9,12,21H,6-7,10,18H2,1-5H3,(H,19,20). The Hall–Kier alpha value is -1.55. The number of hydrogen-bond acceptors (Lipinski definition) is 3. The maximum atomic E-state index is 11.7. The topological polar surface area (TPSA) is 75.4 Å². The summed E-state index contributed by atoms with van der Waals surface area (Å²) in [6.45, 7) is 10.5. The highest BCUT2D eigenvalue weighted by molar-refractivity contribution is 5.76. The van der Waals surface area contributed by atoms with Crippen molar-refractivity contribution in [3.8, 4) is 5.75 Å². The Kier molecular flexibility index (Phi) is 5.78. The minimum atomic E-state index is -0.123. The van der Waals surface area contributed by atoms with Gasteiger partial charge in [-0.15, -0.1) is 0 Å². The van der Waals surface area contributed by atoms with Crippen molar-refractivity contribution in [1.29, 1.82) is 0 Å². The van der Waals surface area contributed by atoms with E-state index in [-0.39, 0.29) is 17.4 Å². The molecule has 0 saturated carbocycles. The Morgan fingerprint density at radius 2 is 2.00 bits per heavy atom. The van der Waals surface area contributed by atoms with Crippen molar-refractivity contribution in [3.05, 3.63) is 28.8 Å². The van der Waals surface area contributed by atoms with Crippen molar-refractivity contribution >= 4 is 5.91 Å². The van der Waals surface area contributed by atoms with Gasteiger partial charge in [0.05, 0.1) is 0 Å². The smallest absolute Gasteiger partial charge is 0.220 e. The van der Waals surface area contributed by atoms with E-state index in [4.69, 9.17) is 5.73 Å². The number of hydrogen-bond donors (Lipinski definition) is 3. The SMILES string of the molecule is Cc1cc(CCC(=O)NCC(C)N)cc(C(C)(C)C)c1O. The number of carbonyl (C=O) groups is 1. The molecule has 4 N–H and O–H groups in total. The van der Waals surface area contributed by atoms with Crippen molar-refractivity contribution in [1.82, 2.24) is 5.32 Å². The molecular weight excluding hydrogens is 264 g/mol. The fourth-order valence-corrected chi connectivity index (χ4v) is 2.19. The molecule has 4 nitrogen and oxygen atoms in total. The molecule has 1 atom stereocenters. The molecule has 0 aliphatic rings. The maximum Gasteiger partial charge on any atom is 0.220 e. The van der Waals surface area contributed by atoms with E-state index in [0.29, 0.717) is 25.1 Å². The summed E-state index contributed by atoms with van der Waals surface area (Å²) >= 11 is 0. The van der Waals surface area contributed by atoms with E-state index in [1.165, 1.54) is 0 Å². The van der Waals surface area contributed by atoms with Crippen LogP contribution < -0.4 is 11.1 Å². The number of nitrogens with one attached hydrogen (secondary N) is 1. The minimum absolute atomic E-state index is 0.00957. The molecule has 1 rings (SSSR count). The largest absolute Gasteiger partial charge is 0.507 e. The first-order valence-electron chi connectivity index (χ1n) is 7.46. The second-order valence-corrected chi connectivity index (χ2v) is 6.84. The second-order valence-electron chi connectivity index (χ2n) is 6.84. The number of phenols is 1. The van der Waals surface area contributed by atoms with Crippen molar-refractivity contribution in [2.75, 3.05) is 6.54 Å². The summed E-state index contributed by atoms with van der Waals surface area (Å²) in [4.78, 5) is 11.7. The Morgan fingerprint density at radius 1 is 1.38 bits per heavy atom. The van der Waals surface area contributed by atoms with Gasteiger partial charge in [0.15, 0.2) is 0 Å². The quantitative estimate of drug-likeness (QED) is 0.780. The monoisotopic (exact) mass is 292 g/mol. The minimum Gasteiger partial charge on any atom is -0.507 e. The molecule has 1 amide bonds. The number of phenolic OH excluding ortho intramolecular Hbond substituents is 1. The molecule has 0 heterocycles. The highest BCUT2D eigenvalue weighted by atomic mass is 16.3. The van der Waals surface area contributed by atoms with Crippen LogP contribution in [0, 0.1) is 6.92 Å². The van der Waals surface area contributed by atoms with Crippen LogP contribution in [-0.4, -0.2) is 23.6 Å². The lowest BCUT2D eigenvalue weighted by Gasteiger charge is -2.22. The van der Waals surface area contributed by atoms with Crippen LogP contribution in [0.5, 0.6) is 5.75 Å². The van der Waals surface area contributed by atoms with Gasteiger partial charge in [0, 0.05) is 19.0 Å². The lowest BCUT2D eigenvalue weighted by molar-refractivity contribution is -0.121. The Morgan fingerprint density at radius 3 is 2.52 bits per heavy atom. The molecule has 1 aromatic carbocycles. The first-order valence-corrected chi connectivity index (χ1v) is 7.46. The molecule has 1 unspecified atom stereocenters. The van der Waals surface area contributed by atoms with E-state index in [1.807, 2.05) is 26.0 Å². The van der Waals surface area contributed by atoms with E-state index in [2.05, 4.69) is 26.1 Å². The van der Waals surface area contributed by atoms with E-state index in [9.17, 15) is 9.90 Å². The first kappa shape index (κ1) is 17.5. The summed E-state index contributed by atoms with van der Waals surface area (Å²) < 4.78 is 0. The molecule has 0 aliphatic carbocycles. The second kappa shape index (κ2) is 6.94. The number of amides is 1. The maximum absolute atomic E-state index is 11.7. The zero-order valence-corrected chi connectivity index (χ0v) is 13.8. The predicted octanol–water partition coefficient (Wildman–Crippen LogP) is 2.39. The molecule has 0 fully saturated rings. The summed E-state index contributed by atoms with van der Waals surface area (Å²) in [7, 11) is 0. The van der Waals surface area contributed by atoms with Gasteiger partial charge >= 0.3 is 0 Å². The van der Waals surface area contributed by atoms with Crippen LogP contribution in [0.3, 0.4) is 0 Å². The van der Waals surface area contributed by atoms with Gasteiger partial charge in [0.25, 0.3) is 0 Å². The Balaban J connectivity index is 2.77. The van der Waals surface area contributed by atoms with Gasteiger partial charge in [-0.2, -0.15) is 0 Å². The van der Waals surface area contributed by atoms with Gasteiger partial charge in [0.2, 0.25) is 5.91 Å². The fourth-order valence-electron chi connectivity index (χ4n) is 2.19. The third kappa shape index (κ3) is 5.38. The van der Waals surface area contributed by atoms with Crippen molar-refractivity contribution in [2.24, 2.45) is 5.73 Å². The fraction of sp³-hybridized carbons (Fsp3) is 0.588. The number of aryl methyl sites for hydroxylation is 2. The highest BCUT2D eigenvalue weighted by Crippen LogP contribution is 2.34. The number of carbonyl (C=O) groups excluding carboxylic acids is 1. The molecule has 0 spiro atoms. The number of aromatic hydroxyl groups is 1. The number of benzene rings is 1. The van der Waals surface area contributed by atoms with Gasteiger partial charge in [-0.1, -0.05) is 32.9 Å². The van der Waals surface area contributed by atoms with E-state index < -0.39 is 0 Å². The third-order valence-electron chi connectivity index (χ3n) is 3.43. The van der Waals surface area contributed by atoms with Crippen LogP contribution in [-0.2, 0) is 16.6 Å². The summed E-state index contributed by atoms with van der Waals surface area (Å²) in [5, 5.41) is 13.0. The lowest BCUT2D eigenvalue weighted by atomic mass is 9.83. The van der Waals surface area contributed by atoms with E-state index in [1.54, 1.807) is 0 Å². The third-order valence-corrected chi connectivity index (χ3v) is 3.43. The molecule has 0 radical (unpaired) electrons. The lowest BCUT2D eigenvalue weighted by Crippen LogP contribution is -2.35. The van der Waals surface area contributed by atoms with Gasteiger partial charge in [0.1, 0.15) is 5.75 Å². The van der Waals surface area contributed by atoms with E-state index >= 15 is 0 Å². The van der Waals surface area contributed by atoms with E-state index in [0.717, 1.165) is 16.7 Å². The highest BCUT2D eigenvalue weighted by Gasteiger charge is 2.20. The number of nitrogens with two attached hydrogens (primary N) is 1. The summed E-state index contributed by atoms with van der Waals surface area (Å²) in [5.74, 6) is 0.364. The molecule has 1 aromatic rings. The molecular formula is C17H28N2O2. The average molecular weight is 292 g/mol. The molecule has 118 valence electrons. The summed E-state index contributed by atoms with van der Waals surface area (Å²) in [6.07, 6.45) is 1.09. The zero-order chi connectivity index (χ0) is 16.2. The molecule has 0 aromatic heterocycles. The van der Waals surface area contributed by atoms with Crippen LogP contribution in [0.1, 0.15) is 50.8 Å². The Labute approximate surface area is 127 Å². The molecule has 4 heteroatoms. The molecule has 21 heavy (non-hydrogen) atoms. The van der Waals surface area contributed by atoms with Crippen LogP contribution in [0.2, 0.25) is 0 Å². The average Bonchev–Trinajstić information content (AvgIpc) is 2.36. The summed E-state index contributed by atoms with van der Waals surface area (Å²) in [6, 6.07) is 3.92. The molecule has 0 bridgehead atoms. The van der Waals surface area contributed by atoms with Crippen molar-refractivity contribution in [3.63, 3.8) is 0 Å². The van der Waals surface area contributed by atoms with Gasteiger partial charge in [-0.3, -0.25) is 4.79 Å². The van der Waals surface area contributed by atoms with Gasteiger partial charge in [-0.25, -0.2) is 0 Å². The zero-order valence-electron chi connectivity index (χ0n) is 13.8. The van der Waals surface area contributed by atoms with Crippen LogP contribution in [0.15, 0.2) is 12.1 Å². The van der Waals surface area contributed by atoms with Crippen molar-refractivity contribution < 1.29 is 9.90 Å². The summed E-state index contributed by atoms with van der Waals surface area (Å²) in [5.41, 5.74) is 8.34. The molecule has 0 aliphatic heterocycles.